The Morgan fingerprint density at radius 1 is 0.821 bits per heavy atom. The molecule has 1 fully saturated rings. The molecule has 0 saturated carbocycles. The summed E-state index contributed by atoms with van der Waals surface area (Å²) in [5.74, 6) is 0. The van der Waals surface area contributed by atoms with Crippen LogP contribution < -0.4 is 5.73 Å². The van der Waals surface area contributed by atoms with Crippen LogP contribution in [0.5, 0.6) is 0 Å². The molecular weight excluding hydrogens is 521 g/mol. The van der Waals surface area contributed by atoms with Crippen LogP contribution in [0, 0.1) is 13.8 Å². The monoisotopic (exact) mass is 557 g/mol. The van der Waals surface area contributed by atoms with E-state index in [1.165, 1.54) is 5.56 Å². The second-order valence-electron chi connectivity index (χ2n) is 11.0. The van der Waals surface area contributed by atoms with Gasteiger partial charge in [0.1, 0.15) is 0 Å². The SMILES string of the molecule is Cc1ccc(C(CCN2CCC(CN)(c3ccccc3)CC2)(c2cccnc2)c2ccc(C)c(Cl)c2)cc1Cl. The van der Waals surface area contributed by atoms with Gasteiger partial charge in [0.05, 0.1) is 0 Å². The van der Waals surface area contributed by atoms with Crippen molar-refractivity contribution in [1.29, 1.82) is 0 Å². The van der Waals surface area contributed by atoms with Crippen LogP contribution >= 0.6 is 23.2 Å². The van der Waals surface area contributed by atoms with Gasteiger partial charge in [0, 0.05) is 39.8 Å². The molecule has 2 heterocycles. The van der Waals surface area contributed by atoms with Crippen LogP contribution in [0.15, 0.2) is 91.3 Å². The Kier molecular flexibility index (Phi) is 8.44. The van der Waals surface area contributed by atoms with Gasteiger partial charge in [0.2, 0.25) is 0 Å². The second kappa shape index (κ2) is 11.8. The van der Waals surface area contributed by atoms with Gasteiger partial charge < -0.3 is 10.6 Å². The molecule has 0 atom stereocenters. The molecule has 1 saturated heterocycles. The number of hydrogen-bond acceptors (Lipinski definition) is 3. The summed E-state index contributed by atoms with van der Waals surface area (Å²) < 4.78 is 0. The fraction of sp³-hybridized carbons (Fsp3) is 0.324. The predicted molar refractivity (Wildman–Crippen MR) is 164 cm³/mol. The molecule has 0 spiro atoms. The van der Waals surface area contributed by atoms with Crippen LogP contribution in [-0.2, 0) is 10.8 Å². The summed E-state index contributed by atoms with van der Waals surface area (Å²) in [7, 11) is 0. The smallest absolute Gasteiger partial charge is 0.0479 e. The molecule has 5 heteroatoms. The fourth-order valence-electron chi connectivity index (χ4n) is 6.20. The Morgan fingerprint density at radius 3 is 1.95 bits per heavy atom. The lowest BCUT2D eigenvalue weighted by atomic mass is 9.67. The number of nitrogens with zero attached hydrogens (tertiary/aromatic N) is 2. The van der Waals surface area contributed by atoms with E-state index in [0.717, 1.165) is 76.8 Å². The van der Waals surface area contributed by atoms with Gasteiger partial charge >= 0.3 is 0 Å². The van der Waals surface area contributed by atoms with Crippen molar-refractivity contribution < 1.29 is 0 Å². The summed E-state index contributed by atoms with van der Waals surface area (Å²) >= 11 is 13.5. The van der Waals surface area contributed by atoms with Gasteiger partial charge in [-0.15, -0.1) is 0 Å². The van der Waals surface area contributed by atoms with Crippen molar-refractivity contribution in [1.82, 2.24) is 9.88 Å². The van der Waals surface area contributed by atoms with Crippen molar-refractivity contribution >= 4 is 23.2 Å². The highest BCUT2D eigenvalue weighted by Crippen LogP contribution is 2.45. The molecule has 0 radical (unpaired) electrons. The Labute approximate surface area is 243 Å². The van der Waals surface area contributed by atoms with E-state index in [2.05, 4.69) is 82.7 Å². The van der Waals surface area contributed by atoms with E-state index in [1.807, 2.05) is 32.3 Å². The Hall–Kier alpha value is -2.69. The van der Waals surface area contributed by atoms with Crippen molar-refractivity contribution in [3.63, 3.8) is 0 Å². The van der Waals surface area contributed by atoms with Crippen LogP contribution in [0.4, 0.5) is 0 Å². The number of benzene rings is 3. The fourth-order valence-corrected chi connectivity index (χ4v) is 6.56. The minimum atomic E-state index is -0.454. The van der Waals surface area contributed by atoms with Crippen molar-refractivity contribution in [3.05, 3.63) is 135 Å². The molecular formula is C34H37Cl2N3. The highest BCUT2D eigenvalue weighted by Gasteiger charge is 2.39. The quantitative estimate of drug-likeness (QED) is 0.241. The topological polar surface area (TPSA) is 42.1 Å². The highest BCUT2D eigenvalue weighted by molar-refractivity contribution is 6.31. The molecule has 0 amide bonds. The van der Waals surface area contributed by atoms with E-state index in [0.29, 0.717) is 6.54 Å². The lowest BCUT2D eigenvalue weighted by molar-refractivity contribution is 0.155. The lowest BCUT2D eigenvalue weighted by Gasteiger charge is -2.43. The predicted octanol–water partition coefficient (Wildman–Crippen LogP) is 7.72. The highest BCUT2D eigenvalue weighted by atomic mass is 35.5. The number of pyridine rings is 1. The zero-order valence-corrected chi connectivity index (χ0v) is 24.3. The molecule has 202 valence electrons. The van der Waals surface area contributed by atoms with Crippen LogP contribution in [0.25, 0.3) is 0 Å². The van der Waals surface area contributed by atoms with Gasteiger partial charge in [-0.25, -0.2) is 0 Å². The van der Waals surface area contributed by atoms with Crippen LogP contribution in [0.2, 0.25) is 10.0 Å². The average Bonchev–Trinajstić information content (AvgIpc) is 2.98. The maximum atomic E-state index is 6.74. The Morgan fingerprint density at radius 2 is 1.44 bits per heavy atom. The van der Waals surface area contributed by atoms with Gasteiger partial charge in [-0.2, -0.15) is 0 Å². The first-order chi connectivity index (χ1) is 18.9. The number of piperidine rings is 1. The molecule has 5 rings (SSSR count). The van der Waals surface area contributed by atoms with E-state index >= 15 is 0 Å². The molecule has 3 nitrogen and oxygen atoms in total. The summed E-state index contributed by atoms with van der Waals surface area (Å²) in [6, 6.07) is 27.9. The van der Waals surface area contributed by atoms with Gasteiger partial charge in [-0.3, -0.25) is 4.98 Å². The lowest BCUT2D eigenvalue weighted by Crippen LogP contribution is -2.47. The third-order valence-corrected chi connectivity index (χ3v) is 9.69. The molecule has 1 aromatic heterocycles. The minimum Gasteiger partial charge on any atom is -0.330 e. The van der Waals surface area contributed by atoms with E-state index in [-0.39, 0.29) is 5.41 Å². The maximum absolute atomic E-state index is 6.74. The minimum absolute atomic E-state index is 0.0488. The normalized spacial score (nSPS) is 15.8. The molecule has 2 N–H and O–H groups in total. The van der Waals surface area contributed by atoms with Crippen LogP contribution in [0.1, 0.15) is 52.6 Å². The summed E-state index contributed by atoms with van der Waals surface area (Å²) in [6.45, 7) is 7.72. The van der Waals surface area contributed by atoms with Gasteiger partial charge in [0.15, 0.2) is 0 Å². The summed E-state index contributed by atoms with van der Waals surface area (Å²) in [4.78, 5) is 7.14. The molecule has 1 aliphatic rings. The van der Waals surface area contributed by atoms with E-state index in [9.17, 15) is 0 Å². The molecule has 0 bridgehead atoms. The number of hydrogen-bond donors (Lipinski definition) is 1. The van der Waals surface area contributed by atoms with Crippen molar-refractivity contribution in [2.24, 2.45) is 5.73 Å². The molecule has 3 aromatic carbocycles. The largest absolute Gasteiger partial charge is 0.330 e. The van der Waals surface area contributed by atoms with Crippen molar-refractivity contribution in [2.45, 2.75) is 43.9 Å². The number of aryl methyl sites for hydroxylation is 2. The zero-order valence-electron chi connectivity index (χ0n) is 22.8. The van der Waals surface area contributed by atoms with E-state index in [1.54, 1.807) is 0 Å². The van der Waals surface area contributed by atoms with Gasteiger partial charge in [0.25, 0.3) is 0 Å². The number of rotatable bonds is 8. The first-order valence-electron chi connectivity index (χ1n) is 13.8. The van der Waals surface area contributed by atoms with Gasteiger partial charge in [-0.05, 0) is 104 Å². The first-order valence-corrected chi connectivity index (χ1v) is 14.6. The molecule has 1 aliphatic heterocycles. The standard InChI is InChI=1S/C34H37Cl2N3/c1-25-10-12-28(21-31(25)35)34(30-9-6-17-38-23-30,29-13-11-26(2)32(36)22-29)16-20-39-18-14-33(24-37,15-19-39)27-7-4-3-5-8-27/h3-13,17,21-23H,14-16,18-20,24,37H2,1-2H3. The summed E-state index contributed by atoms with van der Waals surface area (Å²) in [6.07, 6.45) is 6.81. The first kappa shape index (κ1) is 27.9. The second-order valence-corrected chi connectivity index (χ2v) is 11.8. The van der Waals surface area contributed by atoms with E-state index < -0.39 is 5.41 Å². The molecule has 39 heavy (non-hydrogen) atoms. The van der Waals surface area contributed by atoms with Crippen LogP contribution in [0.3, 0.4) is 0 Å². The molecule has 0 aliphatic carbocycles. The van der Waals surface area contributed by atoms with Crippen molar-refractivity contribution in [3.8, 4) is 0 Å². The number of halogens is 2. The van der Waals surface area contributed by atoms with Crippen LogP contribution in [-0.4, -0.2) is 36.1 Å². The third kappa shape index (κ3) is 5.51. The zero-order chi connectivity index (χ0) is 27.5. The van der Waals surface area contributed by atoms with Crippen molar-refractivity contribution in [2.75, 3.05) is 26.2 Å². The Bertz CT molecular complexity index is 1350. The number of aromatic nitrogens is 1. The third-order valence-electron chi connectivity index (χ3n) is 8.88. The average molecular weight is 559 g/mol. The van der Waals surface area contributed by atoms with E-state index in [4.69, 9.17) is 28.9 Å². The number of nitrogens with two attached hydrogens (primary N) is 1. The van der Waals surface area contributed by atoms with Gasteiger partial charge in [-0.1, -0.05) is 83.9 Å². The Balaban J connectivity index is 1.52. The summed E-state index contributed by atoms with van der Waals surface area (Å²) in [5, 5.41) is 1.54. The number of likely N-dealkylation sites (tertiary alicyclic amines) is 1. The summed E-state index contributed by atoms with van der Waals surface area (Å²) in [5.41, 5.74) is 12.9. The maximum Gasteiger partial charge on any atom is 0.0479 e. The molecule has 4 aromatic rings. The molecule has 0 unspecified atom stereocenters.